The number of aryl methyl sites for hydroxylation is 1. The summed E-state index contributed by atoms with van der Waals surface area (Å²) in [6, 6.07) is 51.7. The van der Waals surface area contributed by atoms with E-state index in [2.05, 4.69) is 135 Å². The number of para-hydroxylation sites is 4. The minimum atomic E-state index is 0.898. The maximum Gasteiger partial charge on any atom is 0.143 e. The van der Waals surface area contributed by atoms with E-state index in [0.717, 1.165) is 71.7 Å². The summed E-state index contributed by atoms with van der Waals surface area (Å²) in [6.07, 6.45) is 0. The lowest BCUT2D eigenvalue weighted by Crippen LogP contribution is -1.92. The Labute approximate surface area is 267 Å². The molecule has 9 aromatic rings. The Morgan fingerprint density at radius 1 is 0.348 bits per heavy atom. The lowest BCUT2D eigenvalue weighted by molar-refractivity contribution is 0.670. The molecule has 0 aliphatic carbocycles. The van der Waals surface area contributed by atoms with E-state index in [-0.39, 0.29) is 0 Å². The first kappa shape index (κ1) is 26.5. The van der Waals surface area contributed by atoms with Gasteiger partial charge in [-0.1, -0.05) is 115 Å². The molecule has 0 fully saturated rings. The second-order valence-electron chi connectivity index (χ2n) is 12.2. The van der Waals surface area contributed by atoms with Crippen molar-refractivity contribution in [2.75, 3.05) is 0 Å². The van der Waals surface area contributed by atoms with Crippen molar-refractivity contribution >= 4 is 43.9 Å². The van der Waals surface area contributed by atoms with Crippen LogP contribution < -0.4 is 0 Å². The molecule has 0 unspecified atom stereocenters. The molecule has 0 saturated heterocycles. The van der Waals surface area contributed by atoms with E-state index in [9.17, 15) is 0 Å². The number of benzene rings is 7. The van der Waals surface area contributed by atoms with Crippen LogP contribution in [0.4, 0.5) is 0 Å². The molecule has 0 bridgehead atoms. The van der Waals surface area contributed by atoms with E-state index in [4.69, 9.17) is 8.83 Å². The third-order valence-electron chi connectivity index (χ3n) is 9.44. The van der Waals surface area contributed by atoms with Crippen LogP contribution in [0.3, 0.4) is 0 Å². The molecule has 0 N–H and O–H groups in total. The zero-order chi connectivity index (χ0) is 30.8. The number of hydrogen-bond acceptors (Lipinski definition) is 2. The molecule has 2 heterocycles. The van der Waals surface area contributed by atoms with Crippen LogP contribution >= 0.6 is 0 Å². The Morgan fingerprint density at radius 2 is 0.761 bits per heavy atom. The fraction of sp³-hybridized carbons (Fsp3) is 0.0455. The van der Waals surface area contributed by atoms with Gasteiger partial charge in [-0.05, 0) is 88.7 Å². The van der Waals surface area contributed by atoms with Crippen molar-refractivity contribution in [1.82, 2.24) is 0 Å². The summed E-state index contributed by atoms with van der Waals surface area (Å²) in [7, 11) is 0. The van der Waals surface area contributed by atoms with Gasteiger partial charge in [-0.3, -0.25) is 0 Å². The number of hydrogen-bond donors (Lipinski definition) is 0. The van der Waals surface area contributed by atoms with Crippen LogP contribution in [0.2, 0.25) is 0 Å². The molecule has 9 rings (SSSR count). The zero-order valence-electron chi connectivity index (χ0n) is 25.7. The van der Waals surface area contributed by atoms with Gasteiger partial charge in [-0.2, -0.15) is 0 Å². The Hall–Kier alpha value is -5.86. The van der Waals surface area contributed by atoms with Crippen molar-refractivity contribution in [2.45, 2.75) is 13.8 Å². The summed E-state index contributed by atoms with van der Waals surface area (Å²) in [5, 5.41) is 4.50. The monoisotopic (exact) mass is 590 g/mol. The fourth-order valence-corrected chi connectivity index (χ4v) is 7.16. The first-order chi connectivity index (χ1) is 22.6. The third-order valence-corrected chi connectivity index (χ3v) is 9.44. The second kappa shape index (κ2) is 10.4. The zero-order valence-corrected chi connectivity index (χ0v) is 25.7. The molecule has 2 nitrogen and oxygen atoms in total. The maximum absolute atomic E-state index is 6.53. The fourth-order valence-electron chi connectivity index (χ4n) is 7.16. The second-order valence-corrected chi connectivity index (χ2v) is 12.2. The first-order valence-electron chi connectivity index (χ1n) is 15.8. The van der Waals surface area contributed by atoms with Gasteiger partial charge in [0.15, 0.2) is 0 Å². The maximum atomic E-state index is 6.53. The molecule has 2 heteroatoms. The smallest absolute Gasteiger partial charge is 0.143 e. The highest BCUT2D eigenvalue weighted by atomic mass is 16.3. The normalized spacial score (nSPS) is 11.7. The Morgan fingerprint density at radius 3 is 1.35 bits per heavy atom. The lowest BCUT2D eigenvalue weighted by atomic mass is 9.88. The minimum Gasteiger partial charge on any atom is -0.455 e. The van der Waals surface area contributed by atoms with E-state index in [1.807, 2.05) is 24.3 Å². The van der Waals surface area contributed by atoms with Crippen molar-refractivity contribution in [3.8, 4) is 44.5 Å². The topological polar surface area (TPSA) is 26.3 Å². The van der Waals surface area contributed by atoms with Gasteiger partial charge in [-0.15, -0.1) is 0 Å². The third kappa shape index (κ3) is 4.11. The standard InChI is InChI=1S/C44H30O2/c1-27-12-3-4-13-32(27)34-17-9-16-33(28(34)2)29-24-30(35-18-10-20-39-37-14-5-7-22-41(37)45-43(35)39)26-31(25-29)36-19-11-21-40-38-15-6-8-23-42(38)46-44(36)40/h3-26H,1-2H3. The molecule has 0 spiro atoms. The van der Waals surface area contributed by atoms with E-state index in [0.29, 0.717) is 0 Å². The summed E-state index contributed by atoms with van der Waals surface area (Å²) >= 11 is 0. The van der Waals surface area contributed by atoms with Crippen molar-refractivity contribution in [3.05, 3.63) is 157 Å². The van der Waals surface area contributed by atoms with E-state index >= 15 is 0 Å². The van der Waals surface area contributed by atoms with Crippen LogP contribution in [-0.4, -0.2) is 0 Å². The minimum absolute atomic E-state index is 0.898. The highest BCUT2D eigenvalue weighted by Gasteiger charge is 2.18. The summed E-state index contributed by atoms with van der Waals surface area (Å²) in [6.45, 7) is 4.42. The molecule has 0 aliphatic heterocycles. The van der Waals surface area contributed by atoms with Crippen LogP contribution in [0.25, 0.3) is 88.4 Å². The van der Waals surface area contributed by atoms with Crippen LogP contribution in [0.5, 0.6) is 0 Å². The Balaban J connectivity index is 1.33. The molecule has 0 aliphatic rings. The van der Waals surface area contributed by atoms with Gasteiger partial charge < -0.3 is 8.83 Å². The Bertz CT molecular complexity index is 2480. The van der Waals surface area contributed by atoms with Crippen molar-refractivity contribution < 1.29 is 8.83 Å². The van der Waals surface area contributed by atoms with Gasteiger partial charge in [-0.25, -0.2) is 0 Å². The van der Waals surface area contributed by atoms with Gasteiger partial charge in [0, 0.05) is 32.7 Å². The molecule has 46 heavy (non-hydrogen) atoms. The molecule has 0 amide bonds. The van der Waals surface area contributed by atoms with Crippen LogP contribution in [0, 0.1) is 13.8 Å². The molecule has 7 aromatic carbocycles. The van der Waals surface area contributed by atoms with Crippen molar-refractivity contribution in [2.24, 2.45) is 0 Å². The lowest BCUT2D eigenvalue weighted by Gasteiger charge is -2.16. The van der Waals surface area contributed by atoms with Gasteiger partial charge in [0.1, 0.15) is 22.3 Å². The molecule has 0 radical (unpaired) electrons. The summed E-state index contributed by atoms with van der Waals surface area (Å²) in [4.78, 5) is 0. The summed E-state index contributed by atoms with van der Waals surface area (Å²) in [5.41, 5.74) is 15.3. The molecular weight excluding hydrogens is 560 g/mol. The van der Waals surface area contributed by atoms with Crippen LogP contribution in [0.15, 0.2) is 154 Å². The van der Waals surface area contributed by atoms with E-state index in [1.54, 1.807) is 0 Å². The van der Waals surface area contributed by atoms with E-state index in [1.165, 1.54) is 27.8 Å². The van der Waals surface area contributed by atoms with Gasteiger partial charge in [0.25, 0.3) is 0 Å². The predicted octanol–water partition coefficient (Wildman–Crippen LogP) is 12.8. The molecule has 0 atom stereocenters. The van der Waals surface area contributed by atoms with Crippen molar-refractivity contribution in [3.63, 3.8) is 0 Å². The van der Waals surface area contributed by atoms with Gasteiger partial charge in [0.05, 0.1) is 0 Å². The van der Waals surface area contributed by atoms with Crippen LogP contribution in [-0.2, 0) is 0 Å². The van der Waals surface area contributed by atoms with Gasteiger partial charge >= 0.3 is 0 Å². The van der Waals surface area contributed by atoms with E-state index < -0.39 is 0 Å². The summed E-state index contributed by atoms with van der Waals surface area (Å²) in [5.74, 6) is 0. The quantitative estimate of drug-likeness (QED) is 0.204. The average molecular weight is 591 g/mol. The average Bonchev–Trinajstić information content (AvgIpc) is 3.67. The predicted molar refractivity (Wildman–Crippen MR) is 192 cm³/mol. The molecule has 0 saturated carbocycles. The number of fused-ring (bicyclic) bond motifs is 6. The molecule has 218 valence electrons. The van der Waals surface area contributed by atoms with Crippen molar-refractivity contribution in [1.29, 1.82) is 0 Å². The highest BCUT2D eigenvalue weighted by Crippen LogP contribution is 2.43. The molecule has 2 aromatic heterocycles. The van der Waals surface area contributed by atoms with Gasteiger partial charge in [0.2, 0.25) is 0 Å². The summed E-state index contributed by atoms with van der Waals surface area (Å²) < 4.78 is 13.1. The number of furan rings is 2. The molecular formula is C44H30O2. The Kier molecular flexibility index (Phi) is 5.97. The largest absolute Gasteiger partial charge is 0.455 e. The SMILES string of the molecule is Cc1ccccc1-c1cccc(-c2cc(-c3cccc4c3oc3ccccc34)cc(-c3cccc4c3oc3ccccc34)c2)c1C. The first-order valence-corrected chi connectivity index (χ1v) is 15.8. The van der Waals surface area contributed by atoms with Crippen LogP contribution in [0.1, 0.15) is 11.1 Å². The highest BCUT2D eigenvalue weighted by molar-refractivity contribution is 6.11. The number of rotatable bonds is 4.